The van der Waals surface area contributed by atoms with Gasteiger partial charge in [0.1, 0.15) is 17.6 Å². The molecule has 6 nitrogen and oxygen atoms in total. The molecule has 0 atom stereocenters. The first-order valence-corrected chi connectivity index (χ1v) is 7.98. The van der Waals surface area contributed by atoms with Crippen molar-refractivity contribution in [3.8, 4) is 10.6 Å². The number of aliphatic hydroxyl groups excluding tert-OH is 2. The summed E-state index contributed by atoms with van der Waals surface area (Å²) in [5.41, 5.74) is 2.20. The molecule has 7 heteroatoms. The summed E-state index contributed by atoms with van der Waals surface area (Å²) >= 11 is 1.63. The SMILES string of the molecule is C=O.CC.CCc1ccc(-c2nc(NC)cs2)cn1.CO.CO. The summed E-state index contributed by atoms with van der Waals surface area (Å²) in [6.45, 7) is 8.10. The van der Waals surface area contributed by atoms with Gasteiger partial charge in [-0.15, -0.1) is 11.3 Å². The molecule has 0 aliphatic heterocycles. The van der Waals surface area contributed by atoms with Crippen LogP contribution in [0.25, 0.3) is 10.6 Å². The lowest BCUT2D eigenvalue weighted by atomic mass is 10.2. The first-order chi connectivity index (χ1) is 11.3. The van der Waals surface area contributed by atoms with Crippen LogP contribution in [0.5, 0.6) is 0 Å². The lowest BCUT2D eigenvalue weighted by Gasteiger charge is -1.97. The van der Waals surface area contributed by atoms with E-state index >= 15 is 0 Å². The molecule has 2 aromatic heterocycles. The van der Waals surface area contributed by atoms with Crippen LogP contribution in [0.3, 0.4) is 0 Å². The summed E-state index contributed by atoms with van der Waals surface area (Å²) in [4.78, 5) is 16.8. The maximum absolute atomic E-state index is 8.00. The van der Waals surface area contributed by atoms with E-state index in [1.54, 1.807) is 11.3 Å². The van der Waals surface area contributed by atoms with Crippen molar-refractivity contribution in [2.45, 2.75) is 27.2 Å². The van der Waals surface area contributed by atoms with Gasteiger partial charge in [0.2, 0.25) is 0 Å². The Bertz CT molecular complexity index is 462. The third kappa shape index (κ3) is 10.5. The number of carbonyl (C=O) groups is 1. The summed E-state index contributed by atoms with van der Waals surface area (Å²) in [6, 6.07) is 4.12. The third-order valence-corrected chi connectivity index (χ3v) is 3.09. The van der Waals surface area contributed by atoms with Crippen molar-refractivity contribution < 1.29 is 15.0 Å². The van der Waals surface area contributed by atoms with Crippen molar-refractivity contribution in [2.75, 3.05) is 26.6 Å². The number of hydrogen-bond donors (Lipinski definition) is 3. The van der Waals surface area contributed by atoms with Gasteiger partial charge in [0.15, 0.2) is 0 Å². The number of pyridine rings is 1. The number of rotatable bonds is 3. The second-order valence-electron chi connectivity index (χ2n) is 3.18. The van der Waals surface area contributed by atoms with Crippen molar-refractivity contribution >= 4 is 23.9 Å². The molecule has 2 rings (SSSR count). The van der Waals surface area contributed by atoms with Crippen molar-refractivity contribution in [1.82, 2.24) is 9.97 Å². The number of anilines is 1. The highest BCUT2D eigenvalue weighted by Gasteiger charge is 2.03. The third-order valence-electron chi connectivity index (χ3n) is 2.19. The highest BCUT2D eigenvalue weighted by molar-refractivity contribution is 7.13. The zero-order valence-corrected chi connectivity index (χ0v) is 15.6. The van der Waals surface area contributed by atoms with Crippen molar-refractivity contribution in [2.24, 2.45) is 0 Å². The van der Waals surface area contributed by atoms with Gasteiger partial charge in [-0.05, 0) is 18.6 Å². The minimum Gasteiger partial charge on any atom is -0.400 e. The van der Waals surface area contributed by atoms with Crippen LogP contribution in [-0.4, -0.2) is 48.2 Å². The Hall–Kier alpha value is -1.83. The lowest BCUT2D eigenvalue weighted by molar-refractivity contribution is -0.0979. The van der Waals surface area contributed by atoms with Gasteiger partial charge >= 0.3 is 0 Å². The first-order valence-electron chi connectivity index (χ1n) is 7.10. The van der Waals surface area contributed by atoms with Crippen LogP contribution >= 0.6 is 11.3 Å². The van der Waals surface area contributed by atoms with E-state index < -0.39 is 0 Å². The summed E-state index contributed by atoms with van der Waals surface area (Å²) in [5, 5.41) is 20.0. The van der Waals surface area contributed by atoms with E-state index in [9.17, 15) is 0 Å². The Kier molecular flexibility index (Phi) is 22.9. The largest absolute Gasteiger partial charge is 0.400 e. The van der Waals surface area contributed by atoms with E-state index in [1.807, 2.05) is 39.3 Å². The average molecular weight is 343 g/mol. The molecule has 0 aromatic carbocycles. The molecule has 0 saturated carbocycles. The van der Waals surface area contributed by atoms with Crippen LogP contribution in [0.1, 0.15) is 26.5 Å². The Morgan fingerprint density at radius 3 is 2.09 bits per heavy atom. The number of carbonyl (C=O) groups excluding carboxylic acids is 1. The average Bonchev–Trinajstić information content (AvgIpc) is 3.17. The zero-order chi connectivity index (χ0) is 18.7. The summed E-state index contributed by atoms with van der Waals surface area (Å²) in [7, 11) is 3.87. The Morgan fingerprint density at radius 2 is 1.74 bits per heavy atom. The molecule has 2 aromatic rings. The highest BCUT2D eigenvalue weighted by Crippen LogP contribution is 2.24. The summed E-state index contributed by atoms with van der Waals surface area (Å²) < 4.78 is 0. The van der Waals surface area contributed by atoms with Gasteiger partial charge in [-0.2, -0.15) is 0 Å². The minimum atomic E-state index is 0.912. The van der Waals surface area contributed by atoms with Gasteiger partial charge < -0.3 is 20.3 Å². The van der Waals surface area contributed by atoms with Crippen molar-refractivity contribution in [3.05, 3.63) is 29.4 Å². The maximum atomic E-state index is 8.00. The standard InChI is InChI=1S/C11H13N3S.C2H6.2CH4O.CH2O/c1-3-9-5-4-8(6-13-9)11-14-10(12-2)7-15-11;4*1-2/h4-7,12H,3H2,1-2H3;1-2H3;2*2H,1H3;1H2. The molecule has 0 fully saturated rings. The fraction of sp³-hybridized carbons (Fsp3) is 0.438. The minimum absolute atomic E-state index is 0.912. The van der Waals surface area contributed by atoms with Gasteiger partial charge in [-0.1, -0.05) is 20.8 Å². The van der Waals surface area contributed by atoms with E-state index in [0.717, 1.165) is 42.7 Å². The Morgan fingerprint density at radius 1 is 1.17 bits per heavy atom. The molecule has 0 radical (unpaired) electrons. The fourth-order valence-electron chi connectivity index (χ4n) is 1.28. The van der Waals surface area contributed by atoms with E-state index in [-0.39, 0.29) is 0 Å². The van der Waals surface area contributed by atoms with Gasteiger partial charge in [-0.25, -0.2) is 4.98 Å². The number of aromatic nitrogens is 2. The van der Waals surface area contributed by atoms with Gasteiger partial charge in [0.25, 0.3) is 0 Å². The lowest BCUT2D eigenvalue weighted by Crippen LogP contribution is -1.88. The molecule has 0 unspecified atom stereocenters. The van der Waals surface area contributed by atoms with Crippen molar-refractivity contribution in [1.29, 1.82) is 0 Å². The molecule has 0 amide bonds. The van der Waals surface area contributed by atoms with Crippen LogP contribution in [-0.2, 0) is 11.2 Å². The first kappa shape index (κ1) is 26.1. The second kappa shape index (κ2) is 20.2. The van der Waals surface area contributed by atoms with Crippen LogP contribution in [0, 0.1) is 0 Å². The van der Waals surface area contributed by atoms with Crippen LogP contribution < -0.4 is 5.32 Å². The summed E-state index contributed by atoms with van der Waals surface area (Å²) in [5.74, 6) is 0.912. The maximum Gasteiger partial charge on any atom is 0.137 e. The molecule has 0 spiro atoms. The molecule has 0 aliphatic carbocycles. The zero-order valence-electron chi connectivity index (χ0n) is 14.8. The predicted octanol–water partition coefficient (Wildman–Crippen LogP) is 2.87. The number of nitrogens with one attached hydrogen (secondary N) is 1. The van der Waals surface area contributed by atoms with E-state index in [4.69, 9.17) is 15.0 Å². The predicted molar refractivity (Wildman–Crippen MR) is 99.0 cm³/mol. The molecule has 0 saturated heterocycles. The van der Waals surface area contributed by atoms with E-state index in [2.05, 4.69) is 34.3 Å². The molecule has 0 aliphatic rings. The number of aryl methyl sites for hydroxylation is 1. The second-order valence-corrected chi connectivity index (χ2v) is 4.04. The molecular weight excluding hydrogens is 314 g/mol. The Balaban J connectivity index is -0.000000438. The molecule has 2 heterocycles. The normalized spacial score (nSPS) is 7.65. The van der Waals surface area contributed by atoms with Crippen molar-refractivity contribution in [3.63, 3.8) is 0 Å². The van der Waals surface area contributed by atoms with Gasteiger partial charge in [0, 0.05) is 44.1 Å². The number of thiazole rings is 1. The van der Waals surface area contributed by atoms with Crippen LogP contribution in [0.15, 0.2) is 23.7 Å². The van der Waals surface area contributed by atoms with Gasteiger partial charge in [0.05, 0.1) is 0 Å². The number of aliphatic hydroxyl groups is 2. The molecule has 132 valence electrons. The highest BCUT2D eigenvalue weighted by atomic mass is 32.1. The van der Waals surface area contributed by atoms with Crippen LogP contribution in [0.4, 0.5) is 5.82 Å². The monoisotopic (exact) mass is 343 g/mol. The van der Waals surface area contributed by atoms with Crippen LogP contribution in [0.2, 0.25) is 0 Å². The smallest absolute Gasteiger partial charge is 0.137 e. The summed E-state index contributed by atoms with van der Waals surface area (Å²) in [6.07, 6.45) is 2.86. The van der Waals surface area contributed by atoms with Gasteiger partial charge in [-0.3, -0.25) is 4.98 Å². The number of nitrogens with zero attached hydrogens (tertiary/aromatic N) is 2. The van der Waals surface area contributed by atoms with E-state index in [0.29, 0.717) is 0 Å². The molecular formula is C16H29N3O3S. The molecule has 3 N–H and O–H groups in total. The van der Waals surface area contributed by atoms with E-state index in [1.165, 1.54) is 0 Å². The topological polar surface area (TPSA) is 95.3 Å². The molecule has 0 bridgehead atoms. The quantitative estimate of drug-likeness (QED) is 0.793. The molecule has 23 heavy (non-hydrogen) atoms. The number of hydrogen-bond acceptors (Lipinski definition) is 7. The fourth-order valence-corrected chi connectivity index (χ4v) is 2.08. The Labute approximate surface area is 143 Å².